The minimum Gasteiger partial charge on any atom is -0.482 e. The van der Waals surface area contributed by atoms with E-state index in [2.05, 4.69) is 11.0 Å². The Labute approximate surface area is 404 Å². The molecule has 14 heteroatoms. The zero-order valence-electron chi connectivity index (χ0n) is 40.8. The van der Waals surface area contributed by atoms with E-state index in [1.807, 2.05) is 121 Å². The summed E-state index contributed by atoms with van der Waals surface area (Å²) in [6.45, 7) is 17.1. The van der Waals surface area contributed by atoms with Crippen LogP contribution in [0.5, 0.6) is 17.2 Å². The summed E-state index contributed by atoms with van der Waals surface area (Å²) in [6.07, 6.45) is 10.4. The number of phosphoric acid groups is 1. The van der Waals surface area contributed by atoms with Gasteiger partial charge in [0.1, 0.15) is 22.7 Å². The minimum absolute atomic E-state index is 0.0381. The van der Waals surface area contributed by atoms with Crippen LogP contribution >= 0.6 is 7.82 Å². The van der Waals surface area contributed by atoms with Crippen molar-refractivity contribution in [1.29, 1.82) is 0 Å². The van der Waals surface area contributed by atoms with Gasteiger partial charge in [-0.2, -0.15) is 0 Å². The highest BCUT2D eigenvalue weighted by Crippen LogP contribution is 2.71. The van der Waals surface area contributed by atoms with Crippen LogP contribution in [0.3, 0.4) is 0 Å². The fourth-order valence-corrected chi connectivity index (χ4v) is 12.5. The van der Waals surface area contributed by atoms with Gasteiger partial charge in [0.25, 0.3) is 0 Å². The third kappa shape index (κ3) is 8.57. The molecule has 366 valence electrons. The van der Waals surface area contributed by atoms with E-state index in [9.17, 15) is 19.1 Å². The summed E-state index contributed by atoms with van der Waals surface area (Å²) in [5.74, 6) is -3.62. The SMILES string of the molecule is CC(C)=CCCC1(C)C=Cc2c(c(CC=C(C)C)c3c(c2OP(=O)(O)O)C(=O)C2C(N4CCOCC4)C4CC5C(C)(C)OC(CC=C(C)C(=O)OC(c6ccccc6)c6ccccc6)(C4=O)C25O3)O1. The summed E-state index contributed by atoms with van der Waals surface area (Å²) in [7, 11) is -5.32. The molecule has 0 aromatic heterocycles. The first-order valence-electron chi connectivity index (χ1n) is 24.1. The molecule has 7 unspecified atom stereocenters. The molecule has 69 heavy (non-hydrogen) atoms. The molecule has 2 saturated heterocycles. The number of ketones is 2. The number of morpholine rings is 1. The second kappa shape index (κ2) is 18.2. The summed E-state index contributed by atoms with van der Waals surface area (Å²) in [4.78, 5) is 69.7. The molecule has 7 atom stereocenters. The molecule has 0 amide bonds. The molecule has 3 aliphatic carbocycles. The molecule has 3 aromatic carbocycles. The number of nitrogens with zero attached hydrogens (tertiary/aromatic N) is 1. The first-order valence-corrected chi connectivity index (χ1v) is 25.6. The smallest absolute Gasteiger partial charge is 0.482 e. The van der Waals surface area contributed by atoms with E-state index in [0.717, 1.165) is 22.3 Å². The third-order valence-corrected chi connectivity index (χ3v) is 15.5. The van der Waals surface area contributed by atoms with Gasteiger partial charge >= 0.3 is 13.8 Å². The molecular formula is C55H64NO12P. The highest BCUT2D eigenvalue weighted by atomic mass is 31.2. The van der Waals surface area contributed by atoms with Gasteiger partial charge in [-0.25, -0.2) is 9.36 Å². The second-order valence-corrected chi connectivity index (χ2v) is 21.9. The Morgan fingerprint density at radius 2 is 1.52 bits per heavy atom. The van der Waals surface area contributed by atoms with Gasteiger partial charge in [0.2, 0.25) is 0 Å². The van der Waals surface area contributed by atoms with Gasteiger partial charge in [-0.1, -0.05) is 90.0 Å². The number of esters is 1. The summed E-state index contributed by atoms with van der Waals surface area (Å²) in [6, 6.07) is 18.3. The van der Waals surface area contributed by atoms with E-state index in [1.54, 1.807) is 19.1 Å². The summed E-state index contributed by atoms with van der Waals surface area (Å²) in [5, 5.41) is 0. The van der Waals surface area contributed by atoms with Gasteiger partial charge in [0.05, 0.1) is 30.3 Å². The largest absolute Gasteiger partial charge is 0.524 e. The van der Waals surface area contributed by atoms with Crippen molar-refractivity contribution in [2.24, 2.45) is 17.8 Å². The number of benzene rings is 3. The van der Waals surface area contributed by atoms with Crippen molar-refractivity contribution < 1.29 is 56.9 Å². The van der Waals surface area contributed by atoms with Crippen molar-refractivity contribution in [2.75, 3.05) is 26.3 Å². The van der Waals surface area contributed by atoms with Crippen LogP contribution in [-0.4, -0.2) is 87.0 Å². The molecule has 5 fully saturated rings. The first-order chi connectivity index (χ1) is 32.7. The van der Waals surface area contributed by atoms with Crippen LogP contribution in [0.15, 0.2) is 102 Å². The number of fused-ring (bicyclic) bond motifs is 2. The average molecular weight is 962 g/mol. The Morgan fingerprint density at radius 1 is 0.884 bits per heavy atom. The van der Waals surface area contributed by atoms with Crippen LogP contribution in [0.4, 0.5) is 0 Å². The molecule has 2 N–H and O–H groups in total. The van der Waals surface area contributed by atoms with Crippen LogP contribution < -0.4 is 14.0 Å². The number of carbonyl (C=O) groups is 3. The fourth-order valence-electron chi connectivity index (χ4n) is 12.1. The molecule has 7 aliphatic rings. The van der Waals surface area contributed by atoms with Gasteiger partial charge in [-0.05, 0) is 104 Å². The van der Waals surface area contributed by atoms with Crippen molar-refractivity contribution in [3.63, 3.8) is 0 Å². The highest BCUT2D eigenvalue weighted by Gasteiger charge is 2.86. The lowest BCUT2D eigenvalue weighted by Gasteiger charge is -2.64. The van der Waals surface area contributed by atoms with Gasteiger partial charge in [0, 0.05) is 48.5 Å². The predicted octanol–water partition coefficient (Wildman–Crippen LogP) is 9.64. The number of allylic oxidation sites excluding steroid dienone is 4. The maximum Gasteiger partial charge on any atom is 0.524 e. The first kappa shape index (κ1) is 48.9. The van der Waals surface area contributed by atoms with Crippen LogP contribution in [-0.2, 0) is 34.8 Å². The summed E-state index contributed by atoms with van der Waals surface area (Å²) < 4.78 is 52.6. The van der Waals surface area contributed by atoms with Crippen molar-refractivity contribution in [1.82, 2.24) is 4.90 Å². The molecule has 13 nitrogen and oxygen atoms in total. The maximum absolute atomic E-state index is 16.3. The Bertz CT molecular complexity index is 2670. The third-order valence-electron chi connectivity index (χ3n) is 15.1. The molecule has 4 heterocycles. The topological polar surface area (TPSA) is 167 Å². The molecular weight excluding hydrogens is 898 g/mol. The fraction of sp³-hybridized carbons (Fsp3) is 0.473. The maximum atomic E-state index is 16.3. The van der Waals surface area contributed by atoms with Gasteiger partial charge in [-0.3, -0.25) is 24.3 Å². The number of hydrogen-bond acceptors (Lipinski definition) is 11. The van der Waals surface area contributed by atoms with Crippen LogP contribution in [0.2, 0.25) is 0 Å². The predicted molar refractivity (Wildman–Crippen MR) is 260 cm³/mol. The van der Waals surface area contributed by atoms with Gasteiger partial charge in [0.15, 0.2) is 34.6 Å². The second-order valence-electron chi connectivity index (χ2n) is 20.8. The standard InChI is InChI=1S/C55H64NO12P/c1-33(2)16-15-25-53(8)26-24-39-47(65-53)38(22-21-34(3)4)48-42(49(39)67-69(60,61)62)45(57)43-44(56-28-30-63-31-29-56)40-32-41-52(6,7)68-54(50(40)58,55(41,43)66-48)27-23-35(5)51(59)64-46(36-17-11-9-12-18-36)37-19-13-10-14-20-37/h9-14,16-21,23-24,26,40-41,43-44,46H,15,22,25,27-32H2,1-8H3,(H2,60,61,62). The Morgan fingerprint density at radius 3 is 2.13 bits per heavy atom. The Balaban J connectivity index is 1.23. The van der Waals surface area contributed by atoms with Crippen molar-refractivity contribution >= 4 is 31.4 Å². The lowest BCUT2D eigenvalue weighted by atomic mass is 9.44. The van der Waals surface area contributed by atoms with E-state index in [0.29, 0.717) is 51.1 Å². The van der Waals surface area contributed by atoms with E-state index in [4.69, 9.17) is 28.2 Å². The average Bonchev–Trinajstić information content (AvgIpc) is 3.45. The normalized spacial score (nSPS) is 28.8. The molecule has 1 spiro atoms. The van der Waals surface area contributed by atoms with Crippen molar-refractivity contribution in [3.05, 3.63) is 130 Å². The van der Waals surface area contributed by atoms with Gasteiger partial charge in [-0.15, -0.1) is 0 Å². The lowest BCUT2D eigenvalue weighted by molar-refractivity contribution is -0.216. The lowest BCUT2D eigenvalue weighted by Crippen LogP contribution is -2.82. The minimum atomic E-state index is -5.32. The molecule has 10 rings (SSSR count). The van der Waals surface area contributed by atoms with Crippen molar-refractivity contribution in [3.8, 4) is 17.2 Å². The number of ether oxygens (including phenoxy) is 5. The van der Waals surface area contributed by atoms with E-state index < -0.39 is 71.9 Å². The summed E-state index contributed by atoms with van der Waals surface area (Å²) >= 11 is 0. The molecule has 3 aromatic rings. The van der Waals surface area contributed by atoms with E-state index in [-0.39, 0.29) is 52.6 Å². The zero-order valence-corrected chi connectivity index (χ0v) is 41.7. The van der Waals surface area contributed by atoms with E-state index in [1.165, 1.54) is 0 Å². The van der Waals surface area contributed by atoms with E-state index >= 15 is 9.59 Å². The molecule has 0 radical (unpaired) electrons. The quantitative estimate of drug-likeness (QED) is 0.0679. The Hall–Kier alpha value is -5.14. The van der Waals surface area contributed by atoms with Crippen LogP contribution in [0.1, 0.15) is 120 Å². The highest BCUT2D eigenvalue weighted by molar-refractivity contribution is 7.46. The molecule has 4 bridgehead atoms. The van der Waals surface area contributed by atoms with Gasteiger partial charge < -0.3 is 28.2 Å². The zero-order chi connectivity index (χ0) is 49.3. The number of Topliss-reactive ketones (excluding diaryl/α,β-unsaturated/α-hetero) is 2. The Kier molecular flexibility index (Phi) is 12.9. The van der Waals surface area contributed by atoms with Crippen molar-refractivity contribution in [2.45, 2.75) is 122 Å². The van der Waals surface area contributed by atoms with Crippen LogP contribution in [0, 0.1) is 17.8 Å². The number of hydrogen-bond donors (Lipinski definition) is 2. The molecule has 3 saturated carbocycles. The molecule has 4 aliphatic heterocycles. The number of carbonyl (C=O) groups excluding carboxylic acids is 3. The number of phosphoric ester groups is 1. The van der Waals surface area contributed by atoms with Crippen LogP contribution in [0.25, 0.3) is 6.08 Å². The monoisotopic (exact) mass is 961 g/mol. The summed E-state index contributed by atoms with van der Waals surface area (Å²) in [5.41, 5.74) is -0.816. The number of rotatable bonds is 14.